The summed E-state index contributed by atoms with van der Waals surface area (Å²) in [5, 5.41) is 18.3. The van der Waals surface area contributed by atoms with Crippen molar-refractivity contribution in [1.29, 1.82) is 0 Å². The molecule has 0 atom stereocenters. The third-order valence-electron chi connectivity index (χ3n) is 4.05. The van der Waals surface area contributed by atoms with Gasteiger partial charge in [-0.2, -0.15) is 0 Å². The maximum Gasteiger partial charge on any atom is 0.412 e. The van der Waals surface area contributed by atoms with Crippen molar-refractivity contribution in [3.63, 3.8) is 0 Å². The first kappa shape index (κ1) is 22.2. The number of hydrogen-bond acceptors (Lipinski definition) is 8. The van der Waals surface area contributed by atoms with E-state index in [1.807, 2.05) is 30.3 Å². The lowest BCUT2D eigenvalue weighted by atomic mass is 10.1. The number of carbonyl (C=O) groups is 1. The summed E-state index contributed by atoms with van der Waals surface area (Å²) in [6.45, 7) is 0.386. The SMILES string of the molecule is Cn1nnnc1/C(=N/OCc1cccc(NC(=O)OCCCCCl)n1)c1ccccc1. The van der Waals surface area contributed by atoms with Gasteiger partial charge in [-0.15, -0.1) is 16.7 Å². The van der Waals surface area contributed by atoms with Crippen LogP contribution in [0.4, 0.5) is 10.6 Å². The topological polar surface area (TPSA) is 116 Å². The van der Waals surface area contributed by atoms with E-state index in [4.69, 9.17) is 21.2 Å². The molecule has 0 fully saturated rings. The van der Waals surface area contributed by atoms with Crippen LogP contribution >= 0.6 is 11.6 Å². The van der Waals surface area contributed by atoms with Gasteiger partial charge in [0.25, 0.3) is 0 Å². The Morgan fingerprint density at radius 3 is 2.74 bits per heavy atom. The molecule has 0 aliphatic heterocycles. The van der Waals surface area contributed by atoms with Crippen LogP contribution in [0.3, 0.4) is 0 Å². The number of nitrogens with one attached hydrogen (secondary N) is 1. The number of anilines is 1. The van der Waals surface area contributed by atoms with E-state index >= 15 is 0 Å². The predicted octanol–water partition coefficient (Wildman–Crippen LogP) is 3.14. The van der Waals surface area contributed by atoms with Gasteiger partial charge in [-0.05, 0) is 35.4 Å². The first-order chi connectivity index (χ1) is 15.2. The molecule has 1 aromatic carbocycles. The van der Waals surface area contributed by atoms with E-state index in [0.29, 0.717) is 42.0 Å². The maximum absolute atomic E-state index is 11.8. The van der Waals surface area contributed by atoms with Crippen LogP contribution in [0.25, 0.3) is 0 Å². The van der Waals surface area contributed by atoms with Crippen molar-refractivity contribution < 1.29 is 14.4 Å². The third-order valence-corrected chi connectivity index (χ3v) is 4.31. The molecule has 0 bridgehead atoms. The van der Waals surface area contributed by atoms with Crippen LogP contribution in [0.2, 0.25) is 0 Å². The van der Waals surface area contributed by atoms with Crippen molar-refractivity contribution in [2.24, 2.45) is 12.2 Å². The number of nitrogens with zero attached hydrogens (tertiary/aromatic N) is 6. The molecule has 162 valence electrons. The lowest BCUT2D eigenvalue weighted by molar-refractivity contribution is 0.128. The minimum atomic E-state index is -0.570. The Balaban J connectivity index is 1.63. The van der Waals surface area contributed by atoms with Crippen molar-refractivity contribution in [2.75, 3.05) is 17.8 Å². The Morgan fingerprint density at radius 2 is 2.00 bits per heavy atom. The number of ether oxygens (including phenoxy) is 1. The van der Waals surface area contributed by atoms with Crippen molar-refractivity contribution in [1.82, 2.24) is 25.2 Å². The molecule has 0 radical (unpaired) electrons. The standard InChI is InChI=1S/C20H22ClN7O3/c1-28-19(24-26-27-28)18(15-8-3-2-4-9-15)25-31-14-16-10-7-11-17(22-16)23-20(29)30-13-6-5-12-21/h2-4,7-11H,5-6,12-14H2,1H3,(H,22,23,29)/b25-18+. The van der Waals surface area contributed by atoms with Gasteiger partial charge in [0.2, 0.25) is 5.82 Å². The third kappa shape index (κ3) is 6.75. The fourth-order valence-electron chi connectivity index (χ4n) is 2.54. The van der Waals surface area contributed by atoms with Gasteiger partial charge < -0.3 is 9.57 Å². The molecule has 31 heavy (non-hydrogen) atoms. The number of rotatable bonds is 10. The molecule has 0 aliphatic carbocycles. The summed E-state index contributed by atoms with van der Waals surface area (Å²) >= 11 is 5.60. The van der Waals surface area contributed by atoms with Gasteiger partial charge in [0.05, 0.1) is 12.3 Å². The van der Waals surface area contributed by atoms with Crippen molar-refractivity contribution >= 4 is 29.2 Å². The second kappa shape index (κ2) is 11.6. The molecule has 0 unspecified atom stereocenters. The molecule has 0 aliphatic rings. The molecule has 3 aromatic rings. The lowest BCUT2D eigenvalue weighted by Gasteiger charge is -2.08. The Kier molecular flexibility index (Phi) is 8.29. The number of halogens is 1. The average Bonchev–Trinajstić information content (AvgIpc) is 3.21. The second-order valence-corrected chi connectivity index (χ2v) is 6.75. The number of carbonyl (C=O) groups excluding carboxylic acids is 1. The van der Waals surface area contributed by atoms with Crippen molar-refractivity contribution in [3.05, 3.63) is 65.6 Å². The number of benzene rings is 1. The Morgan fingerprint density at radius 1 is 1.16 bits per heavy atom. The zero-order chi connectivity index (χ0) is 21.9. The van der Waals surface area contributed by atoms with Crippen LogP contribution in [-0.2, 0) is 23.2 Å². The van der Waals surface area contributed by atoms with Crippen LogP contribution in [0, 0.1) is 0 Å². The summed E-state index contributed by atoms with van der Waals surface area (Å²) in [4.78, 5) is 21.7. The molecular weight excluding hydrogens is 422 g/mol. The number of tetrazole rings is 1. The van der Waals surface area contributed by atoms with Gasteiger partial charge in [-0.3, -0.25) is 5.32 Å². The number of amides is 1. The first-order valence-corrected chi connectivity index (χ1v) is 10.1. The van der Waals surface area contributed by atoms with Gasteiger partial charge in [0, 0.05) is 18.5 Å². The summed E-state index contributed by atoms with van der Waals surface area (Å²) in [6.07, 6.45) is 0.927. The first-order valence-electron chi connectivity index (χ1n) is 9.61. The number of aryl methyl sites for hydroxylation is 1. The smallest absolute Gasteiger partial charge is 0.412 e. The molecule has 0 saturated heterocycles. The van der Waals surface area contributed by atoms with Gasteiger partial charge >= 0.3 is 6.09 Å². The summed E-state index contributed by atoms with van der Waals surface area (Å²) in [7, 11) is 1.72. The fourth-order valence-corrected chi connectivity index (χ4v) is 2.73. The highest BCUT2D eigenvalue weighted by Gasteiger charge is 2.15. The summed E-state index contributed by atoms with van der Waals surface area (Å²) < 4.78 is 6.59. The quantitative estimate of drug-likeness (QED) is 0.221. The number of oxime groups is 1. The largest absolute Gasteiger partial charge is 0.449 e. The highest BCUT2D eigenvalue weighted by atomic mass is 35.5. The molecular formula is C20H22ClN7O3. The van der Waals surface area contributed by atoms with E-state index in [1.54, 1.807) is 25.2 Å². The maximum atomic E-state index is 11.8. The van der Waals surface area contributed by atoms with Crippen LogP contribution in [0.15, 0.2) is 53.7 Å². The van der Waals surface area contributed by atoms with Crippen LogP contribution < -0.4 is 5.32 Å². The summed E-state index contributed by atoms with van der Waals surface area (Å²) in [5.74, 6) is 1.36. The molecule has 1 N–H and O–H groups in total. The highest BCUT2D eigenvalue weighted by Crippen LogP contribution is 2.10. The minimum Gasteiger partial charge on any atom is -0.449 e. The van der Waals surface area contributed by atoms with Gasteiger partial charge in [0.15, 0.2) is 12.3 Å². The van der Waals surface area contributed by atoms with E-state index in [0.717, 1.165) is 12.0 Å². The van der Waals surface area contributed by atoms with E-state index in [2.05, 4.69) is 31.0 Å². The molecule has 10 nitrogen and oxygen atoms in total. The lowest BCUT2D eigenvalue weighted by Crippen LogP contribution is -2.15. The molecule has 2 aromatic heterocycles. The monoisotopic (exact) mass is 443 g/mol. The second-order valence-electron chi connectivity index (χ2n) is 6.38. The molecule has 1 amide bonds. The molecule has 11 heteroatoms. The average molecular weight is 444 g/mol. The van der Waals surface area contributed by atoms with Gasteiger partial charge in [0.1, 0.15) is 5.82 Å². The Labute approximate surface area is 184 Å². The molecule has 2 heterocycles. The number of pyridine rings is 1. The number of unbranched alkanes of at least 4 members (excludes halogenated alkanes) is 1. The number of alkyl halides is 1. The zero-order valence-electron chi connectivity index (χ0n) is 16.9. The summed E-state index contributed by atoms with van der Waals surface area (Å²) in [5.41, 5.74) is 1.87. The van der Waals surface area contributed by atoms with Crippen molar-refractivity contribution in [2.45, 2.75) is 19.4 Å². The Bertz CT molecular complexity index is 1010. The number of hydrogen-bond donors (Lipinski definition) is 1. The molecule has 3 rings (SSSR count). The van der Waals surface area contributed by atoms with E-state index < -0.39 is 6.09 Å². The van der Waals surface area contributed by atoms with Crippen LogP contribution in [-0.4, -0.2) is 49.5 Å². The minimum absolute atomic E-state index is 0.0852. The van der Waals surface area contributed by atoms with E-state index in [-0.39, 0.29) is 6.61 Å². The molecule has 0 spiro atoms. The van der Waals surface area contributed by atoms with E-state index in [9.17, 15) is 4.79 Å². The molecule has 0 saturated carbocycles. The van der Waals surface area contributed by atoms with Crippen LogP contribution in [0.5, 0.6) is 0 Å². The highest BCUT2D eigenvalue weighted by molar-refractivity contribution is 6.17. The fraction of sp³-hybridized carbons (Fsp3) is 0.300. The van der Waals surface area contributed by atoms with Crippen molar-refractivity contribution in [3.8, 4) is 0 Å². The normalized spacial score (nSPS) is 11.2. The summed E-state index contributed by atoms with van der Waals surface area (Å²) in [6, 6.07) is 14.6. The van der Waals surface area contributed by atoms with Gasteiger partial charge in [-0.25, -0.2) is 14.5 Å². The Hall–Kier alpha value is -3.53. The van der Waals surface area contributed by atoms with Crippen LogP contribution in [0.1, 0.15) is 29.9 Å². The zero-order valence-corrected chi connectivity index (χ0v) is 17.7. The predicted molar refractivity (Wildman–Crippen MR) is 115 cm³/mol. The number of aromatic nitrogens is 5. The van der Waals surface area contributed by atoms with E-state index in [1.165, 1.54) is 4.68 Å². The van der Waals surface area contributed by atoms with Gasteiger partial charge in [-0.1, -0.05) is 41.6 Å².